The van der Waals surface area contributed by atoms with Crippen molar-refractivity contribution in [3.63, 3.8) is 0 Å². The smallest absolute Gasteiger partial charge is 0.294 e. The maximum atomic E-state index is 13.5. The highest BCUT2D eigenvalue weighted by Crippen LogP contribution is 2.30. The normalized spacial score (nSPS) is 13.2. The molecule has 94 valence electrons. The van der Waals surface area contributed by atoms with E-state index in [9.17, 15) is 18.7 Å². The van der Waals surface area contributed by atoms with E-state index >= 15 is 0 Å². The molecule has 0 bridgehead atoms. The molecule has 1 aromatic carbocycles. The van der Waals surface area contributed by atoms with Gasteiger partial charge in [-0.3, -0.25) is 4.79 Å². The minimum absolute atomic E-state index is 0.0950. The fraction of sp³-hybridized carbons (Fsp3) is 0.364. The van der Waals surface area contributed by atoms with Crippen molar-refractivity contribution in [2.24, 2.45) is 0 Å². The van der Waals surface area contributed by atoms with Gasteiger partial charge < -0.3 is 10.4 Å². The van der Waals surface area contributed by atoms with Gasteiger partial charge in [-0.15, -0.1) is 11.6 Å². The highest BCUT2D eigenvalue weighted by Gasteiger charge is 2.39. The summed E-state index contributed by atoms with van der Waals surface area (Å²) in [6.45, 7) is -0.950. The average molecular weight is 264 g/mol. The highest BCUT2D eigenvalue weighted by molar-refractivity contribution is 6.27. The summed E-state index contributed by atoms with van der Waals surface area (Å²) in [5, 5.41) is 11.4. The van der Waals surface area contributed by atoms with Gasteiger partial charge in [-0.05, 0) is 5.56 Å². The second kappa shape index (κ2) is 5.93. The molecule has 0 fully saturated rings. The lowest BCUT2D eigenvalue weighted by atomic mass is 10.0. The summed E-state index contributed by atoms with van der Waals surface area (Å²) >= 11 is 5.16. The number of alkyl halides is 3. The van der Waals surface area contributed by atoms with Gasteiger partial charge in [-0.2, -0.15) is 0 Å². The number of nitrogens with one attached hydrogen (secondary N) is 1. The Morgan fingerprint density at radius 1 is 1.41 bits per heavy atom. The summed E-state index contributed by atoms with van der Waals surface area (Å²) in [6, 6.07) is 7.53. The van der Waals surface area contributed by atoms with Crippen LogP contribution in [0.5, 0.6) is 0 Å². The Morgan fingerprint density at radius 3 is 2.53 bits per heavy atom. The topological polar surface area (TPSA) is 49.3 Å². The molecular formula is C11H12ClF2NO2. The highest BCUT2D eigenvalue weighted by atomic mass is 35.5. The first-order chi connectivity index (χ1) is 7.97. The third-order valence-corrected chi connectivity index (χ3v) is 2.40. The lowest BCUT2D eigenvalue weighted by Gasteiger charge is -2.23. The number of halogens is 3. The molecule has 0 spiro atoms. The van der Waals surface area contributed by atoms with Crippen molar-refractivity contribution in [3.8, 4) is 0 Å². The fourth-order valence-corrected chi connectivity index (χ4v) is 1.33. The van der Waals surface area contributed by atoms with E-state index in [-0.39, 0.29) is 5.56 Å². The third kappa shape index (κ3) is 3.94. The van der Waals surface area contributed by atoms with Gasteiger partial charge >= 0.3 is 0 Å². The number of aliphatic hydroxyl groups is 1. The molecule has 1 amide bonds. The first-order valence-corrected chi connectivity index (χ1v) is 5.44. The van der Waals surface area contributed by atoms with Crippen LogP contribution in [0.4, 0.5) is 8.78 Å². The second-order valence-electron chi connectivity index (χ2n) is 3.48. The van der Waals surface area contributed by atoms with Gasteiger partial charge in [0.1, 0.15) is 12.0 Å². The van der Waals surface area contributed by atoms with Gasteiger partial charge in [0.25, 0.3) is 5.92 Å². The van der Waals surface area contributed by atoms with Crippen molar-refractivity contribution >= 4 is 17.5 Å². The fourth-order valence-electron chi connectivity index (χ4n) is 1.24. The zero-order chi connectivity index (χ0) is 12.9. The van der Waals surface area contributed by atoms with Crippen LogP contribution in [0.1, 0.15) is 11.7 Å². The van der Waals surface area contributed by atoms with Crippen LogP contribution >= 0.6 is 11.6 Å². The number of carbonyl (C=O) groups is 1. The number of amides is 1. The van der Waals surface area contributed by atoms with E-state index in [2.05, 4.69) is 0 Å². The SMILES string of the molecule is O=C(CCl)NCC(F)(F)C(O)c1ccccc1. The summed E-state index contributed by atoms with van der Waals surface area (Å²) in [5.74, 6) is -4.53. The maximum absolute atomic E-state index is 13.5. The number of carbonyl (C=O) groups excluding carboxylic acids is 1. The van der Waals surface area contributed by atoms with Gasteiger partial charge in [0.15, 0.2) is 0 Å². The van der Waals surface area contributed by atoms with Crippen LogP contribution in [-0.2, 0) is 4.79 Å². The minimum atomic E-state index is -3.44. The number of rotatable bonds is 5. The van der Waals surface area contributed by atoms with Crippen molar-refractivity contribution in [1.29, 1.82) is 0 Å². The van der Waals surface area contributed by atoms with Gasteiger partial charge in [0.05, 0.1) is 6.54 Å². The third-order valence-electron chi connectivity index (χ3n) is 2.16. The molecule has 2 N–H and O–H groups in total. The van der Waals surface area contributed by atoms with Gasteiger partial charge in [0.2, 0.25) is 5.91 Å². The molecule has 1 unspecified atom stereocenters. The molecule has 1 aromatic rings. The van der Waals surface area contributed by atoms with E-state index in [0.717, 1.165) is 0 Å². The first-order valence-electron chi connectivity index (χ1n) is 4.91. The standard InChI is InChI=1S/C11H12ClF2NO2/c12-6-9(16)15-7-11(13,14)10(17)8-4-2-1-3-5-8/h1-5,10,17H,6-7H2,(H,15,16). The molecule has 1 atom stereocenters. The molecule has 0 aliphatic heterocycles. The predicted molar refractivity (Wildman–Crippen MR) is 60.1 cm³/mol. The minimum Gasteiger partial charge on any atom is -0.382 e. The molecule has 1 rings (SSSR count). The van der Waals surface area contributed by atoms with E-state index in [4.69, 9.17) is 11.6 Å². The molecule has 0 aliphatic rings. The molecule has 0 aromatic heterocycles. The molecule has 0 heterocycles. The quantitative estimate of drug-likeness (QED) is 0.795. The molecule has 17 heavy (non-hydrogen) atoms. The van der Waals surface area contributed by atoms with Crippen molar-refractivity contribution in [2.45, 2.75) is 12.0 Å². The Bertz CT molecular complexity index is 373. The van der Waals surface area contributed by atoms with E-state index in [1.807, 2.05) is 5.32 Å². The van der Waals surface area contributed by atoms with E-state index in [1.54, 1.807) is 18.2 Å². The second-order valence-corrected chi connectivity index (χ2v) is 3.75. The Kier molecular flexibility index (Phi) is 4.84. The van der Waals surface area contributed by atoms with Crippen LogP contribution in [0, 0.1) is 0 Å². The summed E-state index contributed by atoms with van der Waals surface area (Å²) in [6.07, 6.45) is -1.96. The average Bonchev–Trinajstić information content (AvgIpc) is 2.36. The lowest BCUT2D eigenvalue weighted by Crippen LogP contribution is -2.41. The van der Waals surface area contributed by atoms with Crippen LogP contribution in [0.3, 0.4) is 0 Å². The Labute approximate surface area is 102 Å². The largest absolute Gasteiger partial charge is 0.382 e. The molecule has 0 aliphatic carbocycles. The zero-order valence-electron chi connectivity index (χ0n) is 8.87. The summed E-state index contributed by atoms with van der Waals surface area (Å²) in [4.78, 5) is 10.8. The molecule has 3 nitrogen and oxygen atoms in total. The summed E-state index contributed by atoms with van der Waals surface area (Å²) in [5.41, 5.74) is 0.0950. The summed E-state index contributed by atoms with van der Waals surface area (Å²) in [7, 11) is 0. The van der Waals surface area contributed by atoms with Gasteiger partial charge in [0, 0.05) is 0 Å². The van der Waals surface area contributed by atoms with Crippen LogP contribution in [0.2, 0.25) is 0 Å². The van der Waals surface area contributed by atoms with Gasteiger partial charge in [-0.25, -0.2) is 8.78 Å². The Balaban J connectivity index is 2.66. The zero-order valence-corrected chi connectivity index (χ0v) is 9.62. The van der Waals surface area contributed by atoms with Gasteiger partial charge in [-0.1, -0.05) is 30.3 Å². The number of hydrogen-bond donors (Lipinski definition) is 2. The van der Waals surface area contributed by atoms with Crippen LogP contribution in [-0.4, -0.2) is 29.4 Å². The first kappa shape index (κ1) is 13.9. The van der Waals surface area contributed by atoms with Crippen LogP contribution in [0.15, 0.2) is 30.3 Å². The molecule has 0 saturated heterocycles. The monoisotopic (exact) mass is 263 g/mol. The molecule has 0 saturated carbocycles. The number of benzene rings is 1. The Morgan fingerprint density at radius 2 is 2.00 bits per heavy atom. The van der Waals surface area contributed by atoms with E-state index in [1.165, 1.54) is 12.1 Å². The number of hydrogen-bond acceptors (Lipinski definition) is 2. The lowest BCUT2D eigenvalue weighted by molar-refractivity contribution is -0.128. The number of aliphatic hydroxyl groups excluding tert-OH is 1. The Hall–Kier alpha value is -1.20. The molecular weight excluding hydrogens is 252 g/mol. The van der Waals surface area contributed by atoms with E-state index in [0.29, 0.717) is 0 Å². The van der Waals surface area contributed by atoms with Crippen LogP contribution in [0.25, 0.3) is 0 Å². The predicted octanol–water partition coefficient (Wildman–Crippen LogP) is 1.71. The summed E-state index contributed by atoms with van der Waals surface area (Å²) < 4.78 is 27.0. The van der Waals surface area contributed by atoms with Crippen molar-refractivity contribution in [3.05, 3.63) is 35.9 Å². The van der Waals surface area contributed by atoms with Crippen molar-refractivity contribution < 1.29 is 18.7 Å². The van der Waals surface area contributed by atoms with Crippen molar-refractivity contribution in [1.82, 2.24) is 5.32 Å². The van der Waals surface area contributed by atoms with E-state index < -0.39 is 30.4 Å². The molecule has 6 heteroatoms. The molecule has 0 radical (unpaired) electrons. The van der Waals surface area contributed by atoms with Crippen LogP contribution < -0.4 is 5.32 Å². The maximum Gasteiger partial charge on any atom is 0.294 e. The van der Waals surface area contributed by atoms with Crippen molar-refractivity contribution in [2.75, 3.05) is 12.4 Å².